The van der Waals surface area contributed by atoms with E-state index in [2.05, 4.69) is 29.4 Å². The van der Waals surface area contributed by atoms with Crippen LogP contribution in [0.5, 0.6) is 0 Å². The van der Waals surface area contributed by atoms with Crippen molar-refractivity contribution in [3.63, 3.8) is 0 Å². The van der Waals surface area contributed by atoms with Crippen LogP contribution in [0.2, 0.25) is 5.02 Å². The van der Waals surface area contributed by atoms with Gasteiger partial charge >= 0.3 is 0 Å². The van der Waals surface area contributed by atoms with E-state index in [1.807, 2.05) is 12.1 Å². The van der Waals surface area contributed by atoms with E-state index >= 15 is 0 Å². The number of hydrogen-bond donors (Lipinski definition) is 1. The predicted octanol–water partition coefficient (Wildman–Crippen LogP) is 3.18. The maximum absolute atomic E-state index is 5.84. The Hall–Kier alpha value is -1.02. The summed E-state index contributed by atoms with van der Waals surface area (Å²) in [6, 6.07) is 8.25. The third-order valence-corrected chi connectivity index (χ3v) is 2.88. The Morgan fingerprint density at radius 3 is 2.67 bits per heavy atom. The first-order chi connectivity index (χ1) is 7.25. The average molecular weight is 223 g/mol. The minimum absolute atomic E-state index is 0.305. The van der Waals surface area contributed by atoms with Gasteiger partial charge in [-0.15, -0.1) is 0 Å². The molecule has 0 aliphatic carbocycles. The van der Waals surface area contributed by atoms with Gasteiger partial charge in [0.1, 0.15) is 0 Å². The van der Waals surface area contributed by atoms with Gasteiger partial charge in [0.25, 0.3) is 0 Å². The van der Waals surface area contributed by atoms with Gasteiger partial charge < -0.3 is 5.32 Å². The molecule has 1 aliphatic rings. The molecule has 1 heterocycles. The molecule has 0 saturated carbocycles. The molecular weight excluding hydrogens is 208 g/mol. The summed E-state index contributed by atoms with van der Waals surface area (Å²) in [6.07, 6.45) is 2.26. The minimum Gasteiger partial charge on any atom is -0.367 e. The highest BCUT2D eigenvalue weighted by molar-refractivity contribution is 6.30. The monoisotopic (exact) mass is 222 g/mol. The van der Waals surface area contributed by atoms with Crippen LogP contribution in [-0.2, 0) is 0 Å². The second-order valence-corrected chi connectivity index (χ2v) is 4.29. The van der Waals surface area contributed by atoms with Crippen LogP contribution in [0.25, 0.3) is 0 Å². The SMILES string of the molecule is C[C@H](NC1=NCCC1)c1ccc(Cl)cc1. The highest BCUT2D eigenvalue weighted by Gasteiger charge is 2.10. The first-order valence-corrected chi connectivity index (χ1v) is 5.69. The summed E-state index contributed by atoms with van der Waals surface area (Å²) in [5.74, 6) is 1.14. The van der Waals surface area contributed by atoms with Crippen LogP contribution in [-0.4, -0.2) is 12.4 Å². The fraction of sp³-hybridized carbons (Fsp3) is 0.417. The fourth-order valence-electron chi connectivity index (χ4n) is 1.74. The predicted molar refractivity (Wildman–Crippen MR) is 64.5 cm³/mol. The quantitative estimate of drug-likeness (QED) is 0.817. The summed E-state index contributed by atoms with van der Waals surface area (Å²) in [7, 11) is 0. The number of nitrogens with zero attached hydrogens (tertiary/aromatic N) is 1. The van der Waals surface area contributed by atoms with Crippen molar-refractivity contribution in [3.05, 3.63) is 34.9 Å². The molecule has 80 valence electrons. The topological polar surface area (TPSA) is 24.4 Å². The normalized spacial score (nSPS) is 17.3. The number of hydrogen-bond acceptors (Lipinski definition) is 2. The molecule has 0 bridgehead atoms. The van der Waals surface area contributed by atoms with Crippen molar-refractivity contribution in [3.8, 4) is 0 Å². The maximum atomic E-state index is 5.84. The summed E-state index contributed by atoms with van der Waals surface area (Å²) in [5, 5.41) is 4.20. The van der Waals surface area contributed by atoms with E-state index in [1.165, 1.54) is 12.0 Å². The zero-order chi connectivity index (χ0) is 10.7. The van der Waals surface area contributed by atoms with Gasteiger partial charge in [-0.05, 0) is 31.0 Å². The van der Waals surface area contributed by atoms with Crippen molar-refractivity contribution in [1.29, 1.82) is 0 Å². The van der Waals surface area contributed by atoms with Gasteiger partial charge in [0.15, 0.2) is 0 Å². The zero-order valence-corrected chi connectivity index (χ0v) is 9.59. The van der Waals surface area contributed by atoms with Crippen LogP contribution >= 0.6 is 11.6 Å². The molecule has 15 heavy (non-hydrogen) atoms. The number of benzene rings is 1. The molecule has 1 aliphatic heterocycles. The van der Waals surface area contributed by atoms with Crippen LogP contribution in [0.4, 0.5) is 0 Å². The van der Waals surface area contributed by atoms with Crippen molar-refractivity contribution >= 4 is 17.4 Å². The third-order valence-electron chi connectivity index (χ3n) is 2.63. The van der Waals surface area contributed by atoms with Crippen molar-refractivity contribution < 1.29 is 0 Å². The molecule has 1 aromatic carbocycles. The standard InChI is InChI=1S/C12H15ClN2/c1-9(15-12-3-2-8-14-12)10-4-6-11(13)7-5-10/h4-7,9H,2-3,8H2,1H3,(H,14,15)/t9-/m0/s1. The molecule has 3 heteroatoms. The van der Waals surface area contributed by atoms with Gasteiger partial charge in [0.05, 0.1) is 5.84 Å². The van der Waals surface area contributed by atoms with Crippen molar-refractivity contribution in [2.45, 2.75) is 25.8 Å². The molecule has 1 atom stereocenters. The Labute approximate surface area is 95.4 Å². The molecule has 2 rings (SSSR count). The lowest BCUT2D eigenvalue weighted by Gasteiger charge is -2.15. The second kappa shape index (κ2) is 4.67. The molecule has 0 aromatic heterocycles. The molecule has 0 spiro atoms. The van der Waals surface area contributed by atoms with Gasteiger partial charge in [-0.2, -0.15) is 0 Å². The fourth-order valence-corrected chi connectivity index (χ4v) is 1.87. The molecule has 0 radical (unpaired) electrons. The lowest BCUT2D eigenvalue weighted by molar-refractivity contribution is 0.709. The Bertz CT molecular complexity index is 356. The number of halogens is 1. The first kappa shape index (κ1) is 10.5. The average Bonchev–Trinajstić information content (AvgIpc) is 2.71. The minimum atomic E-state index is 0.305. The molecule has 0 amide bonds. The van der Waals surface area contributed by atoms with Gasteiger partial charge in [0, 0.05) is 24.0 Å². The Kier molecular flexibility index (Phi) is 3.27. The number of rotatable bonds is 2. The van der Waals surface area contributed by atoms with Crippen LogP contribution in [0.1, 0.15) is 31.4 Å². The Morgan fingerprint density at radius 2 is 2.07 bits per heavy atom. The van der Waals surface area contributed by atoms with E-state index in [4.69, 9.17) is 11.6 Å². The van der Waals surface area contributed by atoms with Crippen LogP contribution < -0.4 is 5.32 Å². The molecule has 1 aromatic rings. The largest absolute Gasteiger partial charge is 0.367 e. The lowest BCUT2D eigenvalue weighted by atomic mass is 10.1. The van der Waals surface area contributed by atoms with Crippen molar-refractivity contribution in [2.24, 2.45) is 4.99 Å². The molecule has 0 unspecified atom stereocenters. The highest BCUT2D eigenvalue weighted by Crippen LogP contribution is 2.17. The van der Waals surface area contributed by atoms with E-state index in [1.54, 1.807) is 0 Å². The van der Waals surface area contributed by atoms with Gasteiger partial charge in [-0.3, -0.25) is 4.99 Å². The smallest absolute Gasteiger partial charge is 0.0968 e. The van der Waals surface area contributed by atoms with E-state index in [9.17, 15) is 0 Å². The molecular formula is C12H15ClN2. The van der Waals surface area contributed by atoms with Gasteiger partial charge in [0.2, 0.25) is 0 Å². The summed E-state index contributed by atoms with van der Waals surface area (Å²) in [5.41, 5.74) is 1.24. The van der Waals surface area contributed by atoms with E-state index in [-0.39, 0.29) is 0 Å². The molecule has 0 saturated heterocycles. The van der Waals surface area contributed by atoms with Crippen LogP contribution in [0.3, 0.4) is 0 Å². The number of aliphatic imine (C=N–C) groups is 1. The Morgan fingerprint density at radius 1 is 1.33 bits per heavy atom. The van der Waals surface area contributed by atoms with E-state index in [0.29, 0.717) is 6.04 Å². The summed E-state index contributed by atoms with van der Waals surface area (Å²) >= 11 is 5.84. The van der Waals surface area contributed by atoms with Crippen LogP contribution in [0.15, 0.2) is 29.3 Å². The van der Waals surface area contributed by atoms with Crippen LogP contribution in [0, 0.1) is 0 Å². The first-order valence-electron chi connectivity index (χ1n) is 5.31. The summed E-state index contributed by atoms with van der Waals surface area (Å²) in [4.78, 5) is 4.40. The molecule has 1 N–H and O–H groups in total. The van der Waals surface area contributed by atoms with E-state index in [0.717, 1.165) is 23.8 Å². The number of amidine groups is 1. The zero-order valence-electron chi connectivity index (χ0n) is 8.83. The van der Waals surface area contributed by atoms with Gasteiger partial charge in [-0.25, -0.2) is 0 Å². The van der Waals surface area contributed by atoms with E-state index < -0.39 is 0 Å². The lowest BCUT2D eigenvalue weighted by Crippen LogP contribution is -2.24. The van der Waals surface area contributed by atoms with Crippen molar-refractivity contribution in [2.75, 3.05) is 6.54 Å². The van der Waals surface area contributed by atoms with Gasteiger partial charge in [-0.1, -0.05) is 23.7 Å². The second-order valence-electron chi connectivity index (χ2n) is 3.85. The molecule has 0 fully saturated rings. The number of nitrogens with one attached hydrogen (secondary N) is 1. The third kappa shape index (κ3) is 2.72. The summed E-state index contributed by atoms with van der Waals surface area (Å²) < 4.78 is 0. The Balaban J connectivity index is 2.00. The summed E-state index contributed by atoms with van der Waals surface area (Å²) in [6.45, 7) is 3.11. The highest BCUT2D eigenvalue weighted by atomic mass is 35.5. The molecule has 2 nitrogen and oxygen atoms in total. The van der Waals surface area contributed by atoms with Crippen molar-refractivity contribution in [1.82, 2.24) is 5.32 Å². The maximum Gasteiger partial charge on any atom is 0.0968 e.